The maximum absolute atomic E-state index is 12.1. The first-order valence-electron chi connectivity index (χ1n) is 12.9. The van der Waals surface area contributed by atoms with Gasteiger partial charge in [-0.3, -0.25) is 5.32 Å². The van der Waals surface area contributed by atoms with E-state index in [1.807, 2.05) is 30.3 Å². The molecule has 1 amide bonds. The Morgan fingerprint density at radius 3 is 2.34 bits per heavy atom. The Bertz CT molecular complexity index is 1210. The first-order valence-corrected chi connectivity index (χ1v) is 12.9. The summed E-state index contributed by atoms with van der Waals surface area (Å²) in [5.41, 5.74) is 11.5. The number of aromatic nitrogens is 1. The molecule has 1 aliphatic heterocycles. The maximum atomic E-state index is 12.1. The minimum Gasteiger partial charge on any atom is -0.490 e. The lowest BCUT2D eigenvalue weighted by molar-refractivity contribution is 0.0256. The Hall–Kier alpha value is -3.19. The number of nitrogens with two attached hydrogens (primary N) is 1. The second-order valence-electron chi connectivity index (χ2n) is 9.99. The summed E-state index contributed by atoms with van der Waals surface area (Å²) in [6, 6.07) is 14.6. The summed E-state index contributed by atoms with van der Waals surface area (Å²) in [7, 11) is 0. The van der Waals surface area contributed by atoms with Crippen LogP contribution in [0.5, 0.6) is 5.75 Å². The van der Waals surface area contributed by atoms with Gasteiger partial charge >= 0.3 is 6.09 Å². The number of hydrogen-bond donors (Lipinski definition) is 2. The summed E-state index contributed by atoms with van der Waals surface area (Å²) in [4.78, 5) is 12.1. The first-order chi connectivity index (χ1) is 17.2. The average molecular weight is 476 g/mol. The molecule has 3 aliphatic rings. The highest BCUT2D eigenvalue weighted by atomic mass is 16.6. The van der Waals surface area contributed by atoms with Crippen molar-refractivity contribution in [2.24, 2.45) is 0 Å². The standard InChI is InChI=1S/C28H33N3O4/c29-26-24-12-11-23(34-22-13-15-33-16-14-22)17-25(24)31(20-3-1-4-20)27(26)18-7-9-19(10-8-18)30-28(32)35-21-5-2-6-21/h7-12,17,20-22H,1-6,13-16,29H2,(H,30,32). The van der Waals surface area contributed by atoms with E-state index in [1.165, 1.54) is 6.42 Å². The molecule has 3 aromatic rings. The lowest BCUT2D eigenvalue weighted by Crippen LogP contribution is -2.27. The molecule has 2 aliphatic carbocycles. The average Bonchev–Trinajstić information content (AvgIpc) is 3.08. The highest BCUT2D eigenvalue weighted by molar-refractivity contribution is 6.01. The number of fused-ring (bicyclic) bond motifs is 1. The third kappa shape index (κ3) is 4.45. The van der Waals surface area contributed by atoms with Crippen molar-refractivity contribution in [1.29, 1.82) is 0 Å². The molecule has 2 heterocycles. The van der Waals surface area contributed by atoms with E-state index in [0.29, 0.717) is 6.04 Å². The van der Waals surface area contributed by atoms with Gasteiger partial charge in [-0.2, -0.15) is 0 Å². The third-order valence-corrected chi connectivity index (χ3v) is 7.66. The Balaban J connectivity index is 1.29. The van der Waals surface area contributed by atoms with Crippen molar-refractivity contribution < 1.29 is 19.0 Å². The van der Waals surface area contributed by atoms with E-state index in [0.717, 1.165) is 97.4 Å². The molecule has 2 aromatic carbocycles. The second kappa shape index (κ2) is 9.46. The number of amides is 1. The summed E-state index contributed by atoms with van der Waals surface area (Å²) in [5, 5.41) is 3.90. The number of nitrogens with zero attached hydrogens (tertiary/aromatic N) is 1. The topological polar surface area (TPSA) is 87.7 Å². The molecular weight excluding hydrogens is 442 g/mol. The van der Waals surface area contributed by atoms with Gasteiger partial charge in [-0.05, 0) is 62.8 Å². The van der Waals surface area contributed by atoms with Crippen molar-refractivity contribution in [3.8, 4) is 17.0 Å². The van der Waals surface area contributed by atoms with E-state index in [9.17, 15) is 4.79 Å². The Morgan fingerprint density at radius 2 is 1.69 bits per heavy atom. The number of nitrogen functional groups attached to an aromatic ring is 1. The van der Waals surface area contributed by atoms with E-state index in [2.05, 4.69) is 22.0 Å². The van der Waals surface area contributed by atoms with Gasteiger partial charge in [-0.15, -0.1) is 0 Å². The predicted molar refractivity (Wildman–Crippen MR) is 137 cm³/mol. The number of anilines is 2. The van der Waals surface area contributed by atoms with Crippen molar-refractivity contribution in [2.75, 3.05) is 24.3 Å². The third-order valence-electron chi connectivity index (χ3n) is 7.66. The molecule has 3 N–H and O–H groups in total. The molecule has 0 radical (unpaired) electrons. The van der Waals surface area contributed by atoms with Gasteiger partial charge in [-0.1, -0.05) is 12.1 Å². The number of hydrogen-bond acceptors (Lipinski definition) is 5. The highest BCUT2D eigenvalue weighted by Gasteiger charge is 2.27. The summed E-state index contributed by atoms with van der Waals surface area (Å²) >= 11 is 0. The van der Waals surface area contributed by atoms with Crippen molar-refractivity contribution in [3.63, 3.8) is 0 Å². The zero-order chi connectivity index (χ0) is 23.8. The van der Waals surface area contributed by atoms with Crippen LogP contribution in [0.1, 0.15) is 57.4 Å². The molecular formula is C28H33N3O4. The monoisotopic (exact) mass is 475 g/mol. The molecule has 0 unspecified atom stereocenters. The number of carbonyl (C=O) groups excluding carboxylic acids is 1. The zero-order valence-corrected chi connectivity index (χ0v) is 20.0. The molecule has 3 fully saturated rings. The quantitative estimate of drug-likeness (QED) is 0.438. The first kappa shape index (κ1) is 22.3. The van der Waals surface area contributed by atoms with Crippen LogP contribution in [0.25, 0.3) is 22.2 Å². The lowest BCUT2D eigenvalue weighted by atomic mass is 9.92. The molecule has 2 saturated carbocycles. The number of benzene rings is 2. The number of nitrogens with one attached hydrogen (secondary N) is 1. The fourth-order valence-corrected chi connectivity index (χ4v) is 5.19. The fourth-order valence-electron chi connectivity index (χ4n) is 5.19. The number of carbonyl (C=O) groups is 1. The predicted octanol–water partition coefficient (Wildman–Crippen LogP) is 6.27. The molecule has 0 spiro atoms. The molecule has 7 nitrogen and oxygen atoms in total. The van der Waals surface area contributed by atoms with Crippen LogP contribution in [0.3, 0.4) is 0 Å². The van der Waals surface area contributed by atoms with Crippen molar-refractivity contribution >= 4 is 28.4 Å². The smallest absolute Gasteiger partial charge is 0.411 e. The van der Waals surface area contributed by atoms with Crippen LogP contribution < -0.4 is 15.8 Å². The van der Waals surface area contributed by atoms with E-state index >= 15 is 0 Å². The van der Waals surface area contributed by atoms with Gasteiger partial charge in [0.2, 0.25) is 0 Å². The Labute approximate surface area is 205 Å². The van der Waals surface area contributed by atoms with E-state index < -0.39 is 0 Å². The molecule has 6 rings (SSSR count). The van der Waals surface area contributed by atoms with Gasteiger partial charge in [0.25, 0.3) is 0 Å². The fraction of sp³-hybridized carbons (Fsp3) is 0.464. The summed E-state index contributed by atoms with van der Waals surface area (Å²) < 4.78 is 19.6. The molecule has 1 aromatic heterocycles. The minimum absolute atomic E-state index is 0.0626. The normalized spacial score (nSPS) is 19.2. The summed E-state index contributed by atoms with van der Waals surface area (Å²) in [6.45, 7) is 1.51. The molecule has 1 saturated heterocycles. The number of rotatable bonds is 6. The van der Waals surface area contributed by atoms with Crippen LogP contribution in [0.2, 0.25) is 0 Å². The van der Waals surface area contributed by atoms with Crippen molar-refractivity contribution in [2.45, 2.75) is 69.6 Å². The maximum Gasteiger partial charge on any atom is 0.411 e. The lowest BCUT2D eigenvalue weighted by Gasteiger charge is -2.30. The van der Waals surface area contributed by atoms with E-state index in [1.54, 1.807) is 0 Å². The van der Waals surface area contributed by atoms with Crippen molar-refractivity contribution in [3.05, 3.63) is 42.5 Å². The molecule has 0 bridgehead atoms. The van der Waals surface area contributed by atoms with E-state index in [-0.39, 0.29) is 18.3 Å². The zero-order valence-electron chi connectivity index (χ0n) is 20.0. The van der Waals surface area contributed by atoms with Crippen LogP contribution in [0, 0.1) is 0 Å². The molecule has 184 valence electrons. The second-order valence-corrected chi connectivity index (χ2v) is 9.99. The van der Waals surface area contributed by atoms with Crippen LogP contribution in [-0.4, -0.2) is 36.1 Å². The van der Waals surface area contributed by atoms with Gasteiger partial charge in [0.15, 0.2) is 0 Å². The van der Waals surface area contributed by atoms with Gasteiger partial charge in [-0.25, -0.2) is 4.79 Å². The van der Waals surface area contributed by atoms with Gasteiger partial charge in [0.05, 0.1) is 30.1 Å². The van der Waals surface area contributed by atoms with Crippen LogP contribution in [-0.2, 0) is 9.47 Å². The Morgan fingerprint density at radius 1 is 0.943 bits per heavy atom. The highest BCUT2D eigenvalue weighted by Crippen LogP contribution is 2.45. The summed E-state index contributed by atoms with van der Waals surface area (Å²) in [6.07, 6.45) is 8.28. The minimum atomic E-state index is -0.386. The van der Waals surface area contributed by atoms with Gasteiger partial charge in [0, 0.05) is 41.6 Å². The Kier molecular flexibility index (Phi) is 6.02. The number of ether oxygens (including phenoxy) is 3. The molecule has 0 atom stereocenters. The van der Waals surface area contributed by atoms with Crippen LogP contribution >= 0.6 is 0 Å². The van der Waals surface area contributed by atoms with Crippen LogP contribution in [0.15, 0.2) is 42.5 Å². The van der Waals surface area contributed by atoms with Gasteiger partial charge in [0.1, 0.15) is 18.0 Å². The SMILES string of the molecule is Nc1c(-c2ccc(NC(=O)OC3CCC3)cc2)n(C2CCC2)c2cc(OC3CCOCC3)ccc12. The molecule has 7 heteroatoms. The largest absolute Gasteiger partial charge is 0.490 e. The van der Waals surface area contributed by atoms with Crippen molar-refractivity contribution in [1.82, 2.24) is 4.57 Å². The summed E-state index contributed by atoms with van der Waals surface area (Å²) in [5.74, 6) is 0.888. The van der Waals surface area contributed by atoms with E-state index in [4.69, 9.17) is 19.9 Å². The van der Waals surface area contributed by atoms with Gasteiger partial charge < -0.3 is 24.5 Å². The molecule has 35 heavy (non-hydrogen) atoms. The van der Waals surface area contributed by atoms with Crippen LogP contribution in [0.4, 0.5) is 16.2 Å².